The second-order valence-corrected chi connectivity index (χ2v) is 5.53. The highest BCUT2D eigenvalue weighted by molar-refractivity contribution is 5.48. The predicted molar refractivity (Wildman–Crippen MR) is 74.6 cm³/mol. The Balaban J connectivity index is 2.08. The van der Waals surface area contributed by atoms with Gasteiger partial charge in [0, 0.05) is 12.6 Å². The van der Waals surface area contributed by atoms with Crippen LogP contribution >= 0.6 is 0 Å². The summed E-state index contributed by atoms with van der Waals surface area (Å²) in [4.78, 5) is 8.47. The highest BCUT2D eigenvalue weighted by Gasteiger charge is 2.29. The minimum Gasteiger partial charge on any atom is -0.478 e. The summed E-state index contributed by atoms with van der Waals surface area (Å²) in [5.41, 5.74) is 0.896. The van der Waals surface area contributed by atoms with Crippen LogP contribution in [0.5, 0.6) is 5.88 Å². The van der Waals surface area contributed by atoms with E-state index in [1.54, 1.807) is 6.33 Å². The van der Waals surface area contributed by atoms with Gasteiger partial charge in [-0.15, -0.1) is 0 Å². The summed E-state index contributed by atoms with van der Waals surface area (Å²) >= 11 is 0. The SMILES string of the molecule is CCOc1ncnc(NC2CCOC(C)(C)C2)c1C. The number of aromatic nitrogens is 2. The molecule has 19 heavy (non-hydrogen) atoms. The van der Waals surface area contributed by atoms with Crippen LogP contribution in [0.3, 0.4) is 0 Å². The van der Waals surface area contributed by atoms with Gasteiger partial charge in [0.25, 0.3) is 0 Å². The van der Waals surface area contributed by atoms with Crippen LogP contribution in [0.25, 0.3) is 0 Å². The molecule has 0 saturated carbocycles. The molecule has 1 aliphatic rings. The van der Waals surface area contributed by atoms with Crippen molar-refractivity contribution in [2.24, 2.45) is 0 Å². The highest BCUT2D eigenvalue weighted by atomic mass is 16.5. The van der Waals surface area contributed by atoms with Crippen molar-refractivity contribution in [2.75, 3.05) is 18.5 Å². The van der Waals surface area contributed by atoms with Crippen LogP contribution in [0, 0.1) is 6.92 Å². The number of rotatable bonds is 4. The smallest absolute Gasteiger partial charge is 0.221 e. The van der Waals surface area contributed by atoms with Gasteiger partial charge in [-0.3, -0.25) is 0 Å². The van der Waals surface area contributed by atoms with E-state index >= 15 is 0 Å². The van der Waals surface area contributed by atoms with Crippen LogP contribution in [0.1, 0.15) is 39.2 Å². The molecule has 1 saturated heterocycles. The van der Waals surface area contributed by atoms with Crippen molar-refractivity contribution in [3.05, 3.63) is 11.9 Å². The number of hydrogen-bond acceptors (Lipinski definition) is 5. The average Bonchev–Trinajstić information content (AvgIpc) is 2.33. The van der Waals surface area contributed by atoms with Crippen LogP contribution in [0.4, 0.5) is 5.82 Å². The van der Waals surface area contributed by atoms with Gasteiger partial charge in [0.2, 0.25) is 5.88 Å². The molecule has 5 nitrogen and oxygen atoms in total. The van der Waals surface area contributed by atoms with Crippen LogP contribution in [-0.4, -0.2) is 34.8 Å². The van der Waals surface area contributed by atoms with Gasteiger partial charge in [-0.25, -0.2) is 9.97 Å². The number of hydrogen-bond donors (Lipinski definition) is 1. The van der Waals surface area contributed by atoms with Gasteiger partial charge in [0.1, 0.15) is 12.1 Å². The Bertz CT molecular complexity index is 435. The van der Waals surface area contributed by atoms with E-state index in [9.17, 15) is 0 Å². The van der Waals surface area contributed by atoms with E-state index in [0.29, 0.717) is 18.5 Å². The first kappa shape index (κ1) is 14.1. The van der Waals surface area contributed by atoms with Gasteiger partial charge in [-0.1, -0.05) is 0 Å². The zero-order valence-electron chi connectivity index (χ0n) is 12.2. The van der Waals surface area contributed by atoms with Crippen molar-refractivity contribution in [1.82, 2.24) is 9.97 Å². The Morgan fingerprint density at radius 3 is 2.95 bits per heavy atom. The van der Waals surface area contributed by atoms with Crippen molar-refractivity contribution < 1.29 is 9.47 Å². The van der Waals surface area contributed by atoms with Crippen molar-refractivity contribution in [1.29, 1.82) is 0 Å². The lowest BCUT2D eigenvalue weighted by atomic mass is 9.94. The first-order valence-electron chi connectivity index (χ1n) is 6.87. The number of ether oxygens (including phenoxy) is 2. The molecule has 1 aliphatic heterocycles. The van der Waals surface area contributed by atoms with E-state index in [-0.39, 0.29) is 5.60 Å². The topological polar surface area (TPSA) is 56.3 Å². The molecule has 1 fully saturated rings. The lowest BCUT2D eigenvalue weighted by Gasteiger charge is -2.36. The lowest BCUT2D eigenvalue weighted by Crippen LogP contribution is -2.40. The molecule has 1 aromatic heterocycles. The van der Waals surface area contributed by atoms with Crippen LogP contribution in [0.2, 0.25) is 0 Å². The van der Waals surface area contributed by atoms with E-state index in [0.717, 1.165) is 30.8 Å². The third-order valence-corrected chi connectivity index (χ3v) is 3.36. The van der Waals surface area contributed by atoms with Gasteiger partial charge in [0.05, 0.1) is 17.8 Å². The summed E-state index contributed by atoms with van der Waals surface area (Å²) in [7, 11) is 0. The number of nitrogens with zero attached hydrogens (tertiary/aromatic N) is 2. The van der Waals surface area contributed by atoms with Gasteiger partial charge in [-0.2, -0.15) is 0 Å². The molecule has 0 radical (unpaired) electrons. The van der Waals surface area contributed by atoms with Crippen molar-refractivity contribution in [3.63, 3.8) is 0 Å². The van der Waals surface area contributed by atoms with Gasteiger partial charge < -0.3 is 14.8 Å². The fourth-order valence-corrected chi connectivity index (χ4v) is 2.41. The molecule has 1 aromatic rings. The fourth-order valence-electron chi connectivity index (χ4n) is 2.41. The fraction of sp³-hybridized carbons (Fsp3) is 0.714. The van der Waals surface area contributed by atoms with Crippen molar-refractivity contribution in [2.45, 2.75) is 52.2 Å². The average molecular weight is 265 g/mol. The predicted octanol–water partition coefficient (Wildman–Crippen LogP) is 2.55. The zero-order valence-corrected chi connectivity index (χ0v) is 12.2. The minimum absolute atomic E-state index is 0.0698. The van der Waals surface area contributed by atoms with Crippen molar-refractivity contribution in [3.8, 4) is 5.88 Å². The largest absolute Gasteiger partial charge is 0.478 e. The number of nitrogens with one attached hydrogen (secondary N) is 1. The van der Waals surface area contributed by atoms with Crippen LogP contribution in [0.15, 0.2) is 6.33 Å². The minimum atomic E-state index is -0.0698. The lowest BCUT2D eigenvalue weighted by molar-refractivity contribution is -0.0553. The number of anilines is 1. The summed E-state index contributed by atoms with van der Waals surface area (Å²) < 4.78 is 11.2. The molecule has 5 heteroatoms. The normalized spacial score (nSPS) is 22.0. The van der Waals surface area contributed by atoms with E-state index in [1.165, 1.54) is 0 Å². The molecule has 1 unspecified atom stereocenters. The summed E-state index contributed by atoms with van der Waals surface area (Å²) in [5, 5.41) is 3.49. The first-order chi connectivity index (χ1) is 9.02. The van der Waals surface area contributed by atoms with Gasteiger partial charge in [-0.05, 0) is 40.5 Å². The molecular weight excluding hydrogens is 242 g/mol. The molecule has 0 bridgehead atoms. The summed E-state index contributed by atoms with van der Waals surface area (Å²) in [5.74, 6) is 1.52. The maximum absolute atomic E-state index is 5.73. The van der Waals surface area contributed by atoms with E-state index < -0.39 is 0 Å². The van der Waals surface area contributed by atoms with Crippen LogP contribution in [-0.2, 0) is 4.74 Å². The second-order valence-electron chi connectivity index (χ2n) is 5.53. The molecule has 0 aromatic carbocycles. The Labute approximate surface area is 114 Å². The Morgan fingerprint density at radius 1 is 1.47 bits per heavy atom. The molecule has 1 atom stereocenters. The molecule has 1 N–H and O–H groups in total. The molecule has 0 aliphatic carbocycles. The quantitative estimate of drug-likeness (QED) is 0.906. The molecular formula is C14H23N3O2. The molecule has 2 rings (SSSR count). The Hall–Kier alpha value is -1.36. The maximum atomic E-state index is 5.73. The molecule has 0 amide bonds. The highest BCUT2D eigenvalue weighted by Crippen LogP contribution is 2.28. The maximum Gasteiger partial charge on any atom is 0.221 e. The van der Waals surface area contributed by atoms with E-state index in [4.69, 9.17) is 9.47 Å². The summed E-state index contributed by atoms with van der Waals surface area (Å²) in [6.45, 7) is 9.58. The summed E-state index contributed by atoms with van der Waals surface area (Å²) in [6, 6.07) is 0.381. The summed E-state index contributed by atoms with van der Waals surface area (Å²) in [6.07, 6.45) is 3.52. The standard InChI is InChI=1S/C14H23N3O2/c1-5-18-13-10(2)12(15-9-16-13)17-11-6-7-19-14(3,4)8-11/h9,11H,5-8H2,1-4H3,(H,15,16,17). The Kier molecular flexibility index (Phi) is 4.24. The van der Waals surface area contributed by atoms with Gasteiger partial charge >= 0.3 is 0 Å². The second kappa shape index (κ2) is 5.74. The van der Waals surface area contributed by atoms with Crippen LogP contribution < -0.4 is 10.1 Å². The van der Waals surface area contributed by atoms with E-state index in [2.05, 4.69) is 29.1 Å². The van der Waals surface area contributed by atoms with Gasteiger partial charge in [0.15, 0.2) is 0 Å². The molecule has 106 valence electrons. The monoisotopic (exact) mass is 265 g/mol. The zero-order chi connectivity index (χ0) is 13.9. The Morgan fingerprint density at radius 2 is 2.26 bits per heavy atom. The van der Waals surface area contributed by atoms with Crippen molar-refractivity contribution >= 4 is 5.82 Å². The third kappa shape index (κ3) is 3.56. The molecule has 0 spiro atoms. The third-order valence-electron chi connectivity index (χ3n) is 3.36. The van der Waals surface area contributed by atoms with E-state index in [1.807, 2.05) is 13.8 Å². The first-order valence-corrected chi connectivity index (χ1v) is 6.87. The molecule has 2 heterocycles.